The normalized spacial score (nSPS) is 15.5. The Morgan fingerprint density at radius 3 is 2.55 bits per heavy atom. The molecule has 1 unspecified atom stereocenters. The number of fused-ring (bicyclic) bond motifs is 1. The summed E-state index contributed by atoms with van der Waals surface area (Å²) in [6, 6.07) is 9.24. The van der Waals surface area contributed by atoms with Gasteiger partial charge in [0.15, 0.2) is 0 Å². The molecule has 0 amide bonds. The first-order chi connectivity index (χ1) is 13.6. The van der Waals surface area contributed by atoms with Gasteiger partial charge in [-0.2, -0.15) is 18.4 Å². The highest BCUT2D eigenvalue weighted by molar-refractivity contribution is 6.32. The highest BCUT2D eigenvalue weighted by Crippen LogP contribution is 2.43. The number of nitrogens with zero attached hydrogens (tertiary/aromatic N) is 1. The zero-order valence-electron chi connectivity index (χ0n) is 15.1. The molecule has 0 aliphatic carbocycles. The van der Waals surface area contributed by atoms with E-state index in [2.05, 4.69) is 4.74 Å². The fourth-order valence-corrected chi connectivity index (χ4v) is 2.97. The van der Waals surface area contributed by atoms with Crippen LogP contribution < -0.4 is 9.47 Å². The third-order valence-corrected chi connectivity index (χ3v) is 4.44. The van der Waals surface area contributed by atoms with E-state index in [9.17, 15) is 18.0 Å². The molecule has 9 heteroatoms. The molecule has 1 aliphatic heterocycles. The molecule has 0 saturated carbocycles. The molecule has 0 fully saturated rings. The third kappa shape index (κ3) is 4.15. The van der Waals surface area contributed by atoms with Gasteiger partial charge in [-0.1, -0.05) is 11.6 Å². The standard InChI is InChI=1S/C20H13ClF3NO4/c1-10-5-11(9-25)3-4-15(10)28-17-8-16-12(7-14(17)21)6-13(19(26)27-2)18(29-16)20(22,23)24/h3-8,18H,1-2H3. The maximum Gasteiger partial charge on any atom is 0.430 e. The van der Waals surface area contributed by atoms with E-state index >= 15 is 0 Å². The molecule has 29 heavy (non-hydrogen) atoms. The predicted octanol–water partition coefficient (Wildman–Crippen LogP) is 5.19. The molecule has 1 atom stereocenters. The molecule has 0 aromatic heterocycles. The van der Waals surface area contributed by atoms with Crippen LogP contribution in [0.25, 0.3) is 6.08 Å². The van der Waals surface area contributed by atoms with Crippen molar-refractivity contribution in [1.82, 2.24) is 0 Å². The summed E-state index contributed by atoms with van der Waals surface area (Å²) in [7, 11) is 0.982. The number of hydrogen-bond donors (Lipinski definition) is 0. The van der Waals surface area contributed by atoms with Crippen molar-refractivity contribution in [3.63, 3.8) is 0 Å². The Morgan fingerprint density at radius 2 is 1.97 bits per heavy atom. The van der Waals surface area contributed by atoms with Crippen LogP contribution in [0.1, 0.15) is 16.7 Å². The first-order valence-electron chi connectivity index (χ1n) is 8.19. The number of rotatable bonds is 3. The van der Waals surface area contributed by atoms with Gasteiger partial charge in [-0.05, 0) is 42.8 Å². The first kappa shape index (κ1) is 20.6. The van der Waals surface area contributed by atoms with Gasteiger partial charge in [-0.3, -0.25) is 0 Å². The number of halogens is 4. The number of ether oxygens (including phenoxy) is 3. The Morgan fingerprint density at radius 1 is 1.24 bits per heavy atom. The number of carbonyl (C=O) groups excluding carboxylic acids is 1. The van der Waals surface area contributed by atoms with Crippen molar-refractivity contribution in [1.29, 1.82) is 5.26 Å². The molecule has 0 bridgehead atoms. The number of methoxy groups -OCH3 is 1. The SMILES string of the molecule is COC(=O)C1=Cc2cc(Cl)c(Oc3ccc(C#N)cc3C)cc2OC1C(F)(F)F. The second kappa shape index (κ2) is 7.68. The molecule has 0 N–H and O–H groups in total. The van der Waals surface area contributed by atoms with Crippen LogP contribution in [0.15, 0.2) is 35.9 Å². The van der Waals surface area contributed by atoms with E-state index in [0.29, 0.717) is 16.9 Å². The fourth-order valence-electron chi connectivity index (χ4n) is 2.76. The molecular weight excluding hydrogens is 411 g/mol. The lowest BCUT2D eigenvalue weighted by atomic mass is 10.0. The van der Waals surface area contributed by atoms with Gasteiger partial charge >= 0.3 is 12.1 Å². The minimum atomic E-state index is -4.83. The maximum absolute atomic E-state index is 13.4. The van der Waals surface area contributed by atoms with Gasteiger partial charge < -0.3 is 14.2 Å². The van der Waals surface area contributed by atoms with Gasteiger partial charge in [0, 0.05) is 11.6 Å². The van der Waals surface area contributed by atoms with E-state index in [1.807, 2.05) is 6.07 Å². The number of alkyl halides is 3. The molecule has 0 spiro atoms. The largest absolute Gasteiger partial charge is 0.475 e. The van der Waals surface area contributed by atoms with Gasteiger partial charge in [0.1, 0.15) is 17.2 Å². The van der Waals surface area contributed by atoms with E-state index in [1.165, 1.54) is 18.2 Å². The highest BCUT2D eigenvalue weighted by atomic mass is 35.5. The summed E-state index contributed by atoms with van der Waals surface area (Å²) in [5.41, 5.74) is 0.572. The van der Waals surface area contributed by atoms with Crippen LogP contribution in [0.4, 0.5) is 13.2 Å². The summed E-state index contributed by atoms with van der Waals surface area (Å²) in [5, 5.41) is 9.03. The van der Waals surface area contributed by atoms with Crippen LogP contribution in [0.2, 0.25) is 5.02 Å². The topological polar surface area (TPSA) is 68.5 Å². The Labute approximate surface area is 168 Å². The number of carbonyl (C=O) groups is 1. The quantitative estimate of drug-likeness (QED) is 0.635. The Bertz CT molecular complexity index is 1060. The van der Waals surface area contributed by atoms with Gasteiger partial charge in [-0.25, -0.2) is 4.79 Å². The van der Waals surface area contributed by atoms with Gasteiger partial charge in [-0.15, -0.1) is 0 Å². The number of nitriles is 1. The summed E-state index contributed by atoms with van der Waals surface area (Å²) < 4.78 is 55.3. The number of esters is 1. The maximum atomic E-state index is 13.4. The van der Waals surface area contributed by atoms with Crippen molar-refractivity contribution in [2.24, 2.45) is 0 Å². The van der Waals surface area contributed by atoms with Crippen LogP contribution in [-0.4, -0.2) is 25.4 Å². The van der Waals surface area contributed by atoms with Crippen molar-refractivity contribution in [3.05, 3.63) is 57.6 Å². The van der Waals surface area contributed by atoms with Crippen LogP contribution in [0.3, 0.4) is 0 Å². The van der Waals surface area contributed by atoms with Crippen LogP contribution in [0, 0.1) is 18.3 Å². The van der Waals surface area contributed by atoms with Crippen molar-refractivity contribution in [3.8, 4) is 23.3 Å². The first-order valence-corrected chi connectivity index (χ1v) is 8.57. The number of aryl methyl sites for hydroxylation is 1. The molecule has 1 aliphatic rings. The average molecular weight is 424 g/mol. The number of hydrogen-bond acceptors (Lipinski definition) is 5. The van der Waals surface area contributed by atoms with E-state index < -0.39 is 23.8 Å². The lowest BCUT2D eigenvalue weighted by Crippen LogP contribution is -2.40. The molecule has 3 rings (SSSR count). The molecule has 5 nitrogen and oxygen atoms in total. The molecule has 2 aromatic carbocycles. The minimum absolute atomic E-state index is 0.0640. The monoisotopic (exact) mass is 423 g/mol. The van der Waals surface area contributed by atoms with Crippen molar-refractivity contribution in [2.75, 3.05) is 7.11 Å². The minimum Gasteiger partial charge on any atom is -0.475 e. The Kier molecular flexibility index (Phi) is 5.44. The van der Waals surface area contributed by atoms with E-state index in [4.69, 9.17) is 26.3 Å². The van der Waals surface area contributed by atoms with E-state index in [-0.39, 0.29) is 22.1 Å². The lowest BCUT2D eigenvalue weighted by molar-refractivity contribution is -0.187. The van der Waals surface area contributed by atoms with Gasteiger partial charge in [0.25, 0.3) is 0 Å². The highest BCUT2D eigenvalue weighted by Gasteiger charge is 2.48. The average Bonchev–Trinajstić information content (AvgIpc) is 2.67. The van der Waals surface area contributed by atoms with Crippen LogP contribution >= 0.6 is 11.6 Å². The summed E-state index contributed by atoms with van der Waals surface area (Å²) in [5.74, 6) is -0.859. The van der Waals surface area contributed by atoms with Crippen LogP contribution in [-0.2, 0) is 9.53 Å². The molecular formula is C20H13ClF3NO4. The molecule has 150 valence electrons. The summed E-state index contributed by atoms with van der Waals surface area (Å²) in [6.45, 7) is 1.71. The Hall–Kier alpha value is -3.18. The molecule has 2 aromatic rings. The second-order valence-electron chi connectivity index (χ2n) is 6.15. The van der Waals surface area contributed by atoms with Gasteiger partial charge in [0.2, 0.25) is 6.10 Å². The zero-order valence-corrected chi connectivity index (χ0v) is 15.9. The van der Waals surface area contributed by atoms with Crippen LogP contribution in [0.5, 0.6) is 17.2 Å². The Balaban J connectivity index is 2.02. The van der Waals surface area contributed by atoms with Crippen molar-refractivity contribution >= 4 is 23.6 Å². The molecule has 0 saturated heterocycles. The second-order valence-corrected chi connectivity index (χ2v) is 6.55. The third-order valence-electron chi connectivity index (χ3n) is 4.14. The molecule has 1 heterocycles. The predicted molar refractivity (Wildman–Crippen MR) is 97.9 cm³/mol. The molecule has 0 radical (unpaired) electrons. The zero-order chi connectivity index (χ0) is 21.3. The lowest BCUT2D eigenvalue weighted by Gasteiger charge is -2.28. The van der Waals surface area contributed by atoms with Crippen molar-refractivity contribution in [2.45, 2.75) is 19.2 Å². The fraction of sp³-hybridized carbons (Fsp3) is 0.200. The summed E-state index contributed by atoms with van der Waals surface area (Å²) >= 11 is 6.21. The smallest absolute Gasteiger partial charge is 0.430 e. The summed E-state index contributed by atoms with van der Waals surface area (Å²) in [6.07, 6.45) is -6.28. The van der Waals surface area contributed by atoms with Gasteiger partial charge in [0.05, 0.1) is 29.3 Å². The summed E-state index contributed by atoms with van der Waals surface area (Å²) in [4.78, 5) is 11.8. The van der Waals surface area contributed by atoms with E-state index in [1.54, 1.807) is 19.1 Å². The van der Waals surface area contributed by atoms with Crippen molar-refractivity contribution < 1.29 is 32.2 Å². The number of benzene rings is 2. The van der Waals surface area contributed by atoms with E-state index in [0.717, 1.165) is 13.2 Å².